The first-order valence-corrected chi connectivity index (χ1v) is 7.66. The highest BCUT2D eigenvalue weighted by atomic mass is 32.1. The predicted molar refractivity (Wildman–Crippen MR) is 84.7 cm³/mol. The maximum atomic E-state index is 12.3. The summed E-state index contributed by atoms with van der Waals surface area (Å²) in [4.78, 5) is 35.5. The van der Waals surface area contributed by atoms with Crippen molar-refractivity contribution in [3.63, 3.8) is 0 Å². The average molecular weight is 327 g/mol. The van der Waals surface area contributed by atoms with Crippen LogP contribution in [0.2, 0.25) is 0 Å². The van der Waals surface area contributed by atoms with E-state index in [9.17, 15) is 19.5 Å². The van der Waals surface area contributed by atoms with E-state index < -0.39 is 17.5 Å². The van der Waals surface area contributed by atoms with Crippen molar-refractivity contribution >= 4 is 34.2 Å². The topological polar surface area (TPSA) is 92.7 Å². The number of hydrogen-bond donors (Lipinski definition) is 2. The Kier molecular flexibility index (Phi) is 5.35. The van der Waals surface area contributed by atoms with Gasteiger partial charge in [-0.15, -0.1) is 11.3 Å². The molecule has 0 fully saturated rings. The van der Waals surface area contributed by atoms with Gasteiger partial charge >= 0.3 is 11.9 Å². The number of carboxylic acids is 1. The van der Waals surface area contributed by atoms with E-state index in [0.29, 0.717) is 5.56 Å². The van der Waals surface area contributed by atoms with Crippen LogP contribution in [0.25, 0.3) is 0 Å². The normalized spacial score (nSPS) is 11.4. The zero-order valence-corrected chi connectivity index (χ0v) is 14.4. The highest BCUT2D eigenvalue weighted by Gasteiger charge is 2.29. The molecule has 0 atom stereocenters. The van der Waals surface area contributed by atoms with E-state index in [2.05, 4.69) is 5.32 Å². The molecule has 6 nitrogen and oxygen atoms in total. The molecule has 0 saturated carbocycles. The molecule has 0 radical (unpaired) electrons. The Labute approximate surface area is 133 Å². The second-order valence-corrected chi connectivity index (χ2v) is 7.23. The van der Waals surface area contributed by atoms with Crippen molar-refractivity contribution in [3.8, 4) is 0 Å². The number of hydrogen-bond acceptors (Lipinski definition) is 5. The second kappa shape index (κ2) is 6.48. The largest absolute Gasteiger partial charge is 0.477 e. The maximum absolute atomic E-state index is 12.3. The fourth-order valence-corrected chi connectivity index (χ4v) is 2.67. The zero-order chi connectivity index (χ0) is 17.2. The van der Waals surface area contributed by atoms with Crippen LogP contribution in [0, 0.1) is 12.8 Å². The first-order chi connectivity index (χ1) is 9.94. The van der Waals surface area contributed by atoms with Crippen LogP contribution in [0.3, 0.4) is 0 Å². The van der Waals surface area contributed by atoms with E-state index in [1.54, 1.807) is 34.6 Å². The van der Waals surface area contributed by atoms with Gasteiger partial charge in [0.05, 0.1) is 5.56 Å². The van der Waals surface area contributed by atoms with Crippen LogP contribution in [0.15, 0.2) is 0 Å². The molecular formula is C15H21NO5S. The molecule has 22 heavy (non-hydrogen) atoms. The van der Waals surface area contributed by atoms with Crippen molar-refractivity contribution in [2.45, 2.75) is 47.1 Å². The maximum Gasteiger partial charge on any atom is 0.346 e. The van der Waals surface area contributed by atoms with Crippen LogP contribution in [-0.2, 0) is 9.53 Å². The summed E-state index contributed by atoms with van der Waals surface area (Å²) < 4.78 is 5.30. The van der Waals surface area contributed by atoms with Crippen LogP contribution in [0.5, 0.6) is 0 Å². The standard InChI is InChI=1S/C15H21NO5S/c1-7(2)11(17)16-12-9(14(20)21-15(4,5)6)8(3)10(22-12)13(18)19/h7H,1-6H3,(H,16,17)(H,18,19). The Hall–Kier alpha value is -1.89. The minimum absolute atomic E-state index is 0.0138. The third-order valence-corrected chi connectivity index (χ3v) is 3.90. The summed E-state index contributed by atoms with van der Waals surface area (Å²) in [6.07, 6.45) is 0. The Bertz CT molecular complexity index is 610. The zero-order valence-electron chi connectivity index (χ0n) is 13.6. The van der Waals surface area contributed by atoms with Gasteiger partial charge in [0.15, 0.2) is 0 Å². The van der Waals surface area contributed by atoms with Gasteiger partial charge < -0.3 is 15.2 Å². The first kappa shape index (κ1) is 18.2. The lowest BCUT2D eigenvalue weighted by atomic mass is 10.1. The third-order valence-electron chi connectivity index (χ3n) is 2.71. The molecule has 0 aliphatic carbocycles. The smallest absolute Gasteiger partial charge is 0.346 e. The average Bonchev–Trinajstić information content (AvgIpc) is 2.63. The number of carbonyl (C=O) groups excluding carboxylic acids is 2. The molecular weight excluding hydrogens is 306 g/mol. The number of thiophene rings is 1. The number of carboxylic acid groups (broad SMARTS) is 1. The minimum Gasteiger partial charge on any atom is -0.477 e. The van der Waals surface area contributed by atoms with E-state index in [0.717, 1.165) is 11.3 Å². The summed E-state index contributed by atoms with van der Waals surface area (Å²) >= 11 is 0.862. The van der Waals surface area contributed by atoms with Crippen LogP contribution in [-0.4, -0.2) is 28.6 Å². The quantitative estimate of drug-likeness (QED) is 0.828. The van der Waals surface area contributed by atoms with Crippen molar-refractivity contribution in [1.82, 2.24) is 0 Å². The van der Waals surface area contributed by atoms with Crippen molar-refractivity contribution in [2.24, 2.45) is 5.92 Å². The number of esters is 1. The van der Waals surface area contributed by atoms with Crippen LogP contribution < -0.4 is 5.32 Å². The number of rotatable bonds is 4. The van der Waals surface area contributed by atoms with Gasteiger partial charge in [-0.2, -0.15) is 0 Å². The summed E-state index contributed by atoms with van der Waals surface area (Å²) in [6, 6.07) is 0. The number of carbonyl (C=O) groups is 3. The van der Waals surface area contributed by atoms with Gasteiger partial charge in [-0.25, -0.2) is 9.59 Å². The van der Waals surface area contributed by atoms with Gasteiger partial charge in [0.1, 0.15) is 15.5 Å². The summed E-state index contributed by atoms with van der Waals surface area (Å²) in [5, 5.41) is 12.0. The van der Waals surface area contributed by atoms with Gasteiger partial charge in [0.2, 0.25) is 5.91 Å². The highest BCUT2D eigenvalue weighted by molar-refractivity contribution is 7.18. The molecule has 1 aromatic rings. The van der Waals surface area contributed by atoms with Crippen LogP contribution in [0.1, 0.15) is 60.2 Å². The number of anilines is 1. The highest BCUT2D eigenvalue weighted by Crippen LogP contribution is 2.34. The van der Waals surface area contributed by atoms with E-state index in [1.807, 2.05) is 0 Å². The molecule has 0 spiro atoms. The molecule has 0 saturated heterocycles. The molecule has 0 aliphatic rings. The first-order valence-electron chi connectivity index (χ1n) is 6.85. The molecule has 1 amide bonds. The molecule has 0 bridgehead atoms. The Morgan fingerprint density at radius 1 is 1.23 bits per heavy atom. The molecule has 122 valence electrons. The molecule has 0 unspecified atom stereocenters. The van der Waals surface area contributed by atoms with Crippen molar-refractivity contribution in [2.75, 3.05) is 5.32 Å². The van der Waals surface area contributed by atoms with E-state index in [-0.39, 0.29) is 27.3 Å². The van der Waals surface area contributed by atoms with Crippen molar-refractivity contribution < 1.29 is 24.2 Å². The summed E-state index contributed by atoms with van der Waals surface area (Å²) in [6.45, 7) is 10.1. The van der Waals surface area contributed by atoms with E-state index in [4.69, 9.17) is 4.74 Å². The number of nitrogens with one attached hydrogen (secondary N) is 1. The third kappa shape index (κ3) is 4.30. The Balaban J connectivity index is 3.30. The lowest BCUT2D eigenvalue weighted by Crippen LogP contribution is -2.25. The fourth-order valence-electron chi connectivity index (χ4n) is 1.64. The molecule has 7 heteroatoms. The van der Waals surface area contributed by atoms with Gasteiger partial charge in [0.25, 0.3) is 0 Å². The molecule has 1 heterocycles. The summed E-state index contributed by atoms with van der Waals surface area (Å²) in [7, 11) is 0. The SMILES string of the molecule is Cc1c(C(=O)O)sc(NC(=O)C(C)C)c1C(=O)OC(C)(C)C. The molecule has 2 N–H and O–H groups in total. The minimum atomic E-state index is -1.14. The van der Waals surface area contributed by atoms with Gasteiger partial charge in [-0.3, -0.25) is 4.79 Å². The van der Waals surface area contributed by atoms with Crippen LogP contribution >= 0.6 is 11.3 Å². The van der Waals surface area contributed by atoms with Crippen LogP contribution in [0.4, 0.5) is 5.00 Å². The van der Waals surface area contributed by atoms with Crippen molar-refractivity contribution in [1.29, 1.82) is 0 Å². The number of ether oxygens (including phenoxy) is 1. The number of aromatic carboxylic acids is 1. The molecule has 0 aromatic carbocycles. The van der Waals surface area contributed by atoms with Gasteiger partial charge in [-0.1, -0.05) is 13.8 Å². The molecule has 1 aromatic heterocycles. The summed E-state index contributed by atoms with van der Waals surface area (Å²) in [5.41, 5.74) is -0.314. The van der Waals surface area contributed by atoms with E-state index >= 15 is 0 Å². The Morgan fingerprint density at radius 3 is 2.18 bits per heavy atom. The molecule has 1 rings (SSSR count). The van der Waals surface area contributed by atoms with Crippen molar-refractivity contribution in [3.05, 3.63) is 16.0 Å². The predicted octanol–water partition coefficient (Wildman–Crippen LogP) is 3.30. The lowest BCUT2D eigenvalue weighted by molar-refractivity contribution is -0.118. The fraction of sp³-hybridized carbons (Fsp3) is 0.533. The van der Waals surface area contributed by atoms with Gasteiger partial charge in [0, 0.05) is 5.92 Å². The second-order valence-electron chi connectivity index (χ2n) is 6.21. The molecule has 0 aliphatic heterocycles. The van der Waals surface area contributed by atoms with Gasteiger partial charge in [-0.05, 0) is 33.3 Å². The summed E-state index contributed by atoms with van der Waals surface area (Å²) in [5.74, 6) is -2.37. The van der Waals surface area contributed by atoms with E-state index in [1.165, 1.54) is 6.92 Å². The number of amides is 1. The lowest BCUT2D eigenvalue weighted by Gasteiger charge is -2.20. The Morgan fingerprint density at radius 2 is 1.77 bits per heavy atom. The monoisotopic (exact) mass is 327 g/mol.